The molecular weight excluding hydrogens is 302 g/mol. The Hall–Kier alpha value is -1.30. The number of carbonyl (C=O) groups excluding carboxylic acids is 1. The molecule has 2 unspecified atom stereocenters. The van der Waals surface area contributed by atoms with E-state index in [9.17, 15) is 4.79 Å². The van der Waals surface area contributed by atoms with Crippen molar-refractivity contribution in [3.05, 3.63) is 29.3 Å². The van der Waals surface area contributed by atoms with Gasteiger partial charge in [0.2, 0.25) is 5.91 Å². The van der Waals surface area contributed by atoms with Crippen molar-refractivity contribution < 1.29 is 9.53 Å². The molecule has 1 aliphatic rings. The molecule has 1 aliphatic heterocycles. The number of hydrazine groups is 1. The monoisotopic (exact) mass is 325 g/mol. The van der Waals surface area contributed by atoms with Crippen molar-refractivity contribution in [3.8, 4) is 5.75 Å². The third kappa shape index (κ3) is 5.48. The van der Waals surface area contributed by atoms with Crippen LogP contribution in [0.1, 0.15) is 26.7 Å². The second-order valence-corrected chi connectivity index (χ2v) is 6.43. The smallest absolute Gasteiger partial charge is 0.238 e. The van der Waals surface area contributed by atoms with Crippen molar-refractivity contribution in [1.82, 2.24) is 16.2 Å². The number of rotatable bonds is 7. The van der Waals surface area contributed by atoms with Crippen LogP contribution in [-0.2, 0) is 4.79 Å². The Balaban J connectivity index is 1.63. The molecule has 0 saturated carbocycles. The van der Waals surface area contributed by atoms with Crippen molar-refractivity contribution in [2.75, 3.05) is 13.2 Å². The molecule has 1 fully saturated rings. The van der Waals surface area contributed by atoms with Gasteiger partial charge in [-0.15, -0.1) is 0 Å². The molecule has 0 aromatic heterocycles. The van der Waals surface area contributed by atoms with Crippen molar-refractivity contribution >= 4 is 17.5 Å². The lowest BCUT2D eigenvalue weighted by atomic mass is 10.00. The van der Waals surface area contributed by atoms with Gasteiger partial charge in [-0.05, 0) is 43.0 Å². The zero-order valence-corrected chi connectivity index (χ0v) is 13.8. The van der Waals surface area contributed by atoms with E-state index >= 15 is 0 Å². The predicted octanol–water partition coefficient (Wildman–Crippen LogP) is 2.12. The zero-order valence-electron chi connectivity index (χ0n) is 13.1. The van der Waals surface area contributed by atoms with E-state index in [2.05, 4.69) is 30.0 Å². The van der Waals surface area contributed by atoms with Crippen LogP contribution in [0.3, 0.4) is 0 Å². The van der Waals surface area contributed by atoms with Gasteiger partial charge in [-0.25, -0.2) is 5.43 Å². The minimum absolute atomic E-state index is 0.0125. The van der Waals surface area contributed by atoms with E-state index in [1.165, 1.54) is 0 Å². The van der Waals surface area contributed by atoms with Gasteiger partial charge in [0.25, 0.3) is 0 Å². The molecule has 1 aromatic rings. The molecule has 2 rings (SSSR count). The Bertz CT molecular complexity index is 479. The van der Waals surface area contributed by atoms with Gasteiger partial charge in [-0.3, -0.25) is 10.2 Å². The minimum Gasteiger partial charge on any atom is -0.492 e. The van der Waals surface area contributed by atoms with Gasteiger partial charge in [0.05, 0.1) is 6.54 Å². The summed E-state index contributed by atoms with van der Waals surface area (Å²) < 4.78 is 5.54. The van der Waals surface area contributed by atoms with E-state index in [0.717, 1.165) is 18.6 Å². The summed E-state index contributed by atoms with van der Waals surface area (Å²) in [6.07, 6.45) is 1.89. The molecule has 0 spiro atoms. The fourth-order valence-electron chi connectivity index (χ4n) is 2.51. The second-order valence-electron chi connectivity index (χ2n) is 6.00. The first kappa shape index (κ1) is 17.1. The topological polar surface area (TPSA) is 62.4 Å². The van der Waals surface area contributed by atoms with Crippen molar-refractivity contribution in [2.24, 2.45) is 5.92 Å². The summed E-state index contributed by atoms with van der Waals surface area (Å²) in [5.74, 6) is 1.38. The van der Waals surface area contributed by atoms with Crippen LogP contribution < -0.4 is 20.9 Å². The van der Waals surface area contributed by atoms with E-state index in [4.69, 9.17) is 16.3 Å². The van der Waals surface area contributed by atoms with E-state index in [-0.39, 0.29) is 11.9 Å². The highest BCUT2D eigenvalue weighted by atomic mass is 35.5. The quantitative estimate of drug-likeness (QED) is 0.672. The number of amides is 1. The maximum absolute atomic E-state index is 12.0. The van der Waals surface area contributed by atoms with Gasteiger partial charge in [-0.1, -0.05) is 25.4 Å². The van der Waals surface area contributed by atoms with Crippen molar-refractivity contribution in [2.45, 2.75) is 38.8 Å². The third-order valence-corrected chi connectivity index (χ3v) is 3.79. The highest BCUT2D eigenvalue weighted by molar-refractivity contribution is 6.30. The van der Waals surface area contributed by atoms with E-state index in [1.54, 1.807) is 12.1 Å². The number of ether oxygens (including phenoxy) is 1. The Morgan fingerprint density at radius 2 is 2.09 bits per heavy atom. The summed E-state index contributed by atoms with van der Waals surface area (Å²) in [5, 5.41) is 3.56. The SMILES string of the molecule is CC(C)CC1CC(C(=O)NCCOc2ccc(Cl)cc2)NN1. The summed E-state index contributed by atoms with van der Waals surface area (Å²) in [4.78, 5) is 12.0. The highest BCUT2D eigenvalue weighted by Crippen LogP contribution is 2.15. The van der Waals surface area contributed by atoms with Crippen LogP contribution in [0.2, 0.25) is 5.02 Å². The zero-order chi connectivity index (χ0) is 15.9. The molecule has 3 N–H and O–H groups in total. The van der Waals surface area contributed by atoms with E-state index in [1.807, 2.05) is 12.1 Å². The minimum atomic E-state index is -0.167. The Labute approximate surface area is 136 Å². The van der Waals surface area contributed by atoms with E-state index in [0.29, 0.717) is 30.1 Å². The molecule has 2 atom stereocenters. The Kier molecular flexibility index (Phi) is 6.49. The van der Waals surface area contributed by atoms with Crippen molar-refractivity contribution in [1.29, 1.82) is 0 Å². The van der Waals surface area contributed by atoms with E-state index < -0.39 is 0 Å². The average molecular weight is 326 g/mol. The normalized spacial score (nSPS) is 21.1. The van der Waals surface area contributed by atoms with Crippen molar-refractivity contribution in [3.63, 3.8) is 0 Å². The number of nitrogens with one attached hydrogen (secondary N) is 3. The molecule has 0 bridgehead atoms. The molecule has 0 aliphatic carbocycles. The molecule has 22 heavy (non-hydrogen) atoms. The fraction of sp³-hybridized carbons (Fsp3) is 0.562. The molecule has 122 valence electrons. The fourth-order valence-corrected chi connectivity index (χ4v) is 2.64. The van der Waals surface area contributed by atoms with Gasteiger partial charge in [0.1, 0.15) is 18.4 Å². The molecule has 0 radical (unpaired) electrons. The molecule has 1 heterocycles. The van der Waals surface area contributed by atoms with Gasteiger partial charge < -0.3 is 10.1 Å². The Morgan fingerprint density at radius 1 is 1.36 bits per heavy atom. The molecule has 5 nitrogen and oxygen atoms in total. The first-order valence-corrected chi connectivity index (χ1v) is 8.09. The highest BCUT2D eigenvalue weighted by Gasteiger charge is 2.29. The summed E-state index contributed by atoms with van der Waals surface area (Å²) >= 11 is 5.80. The summed E-state index contributed by atoms with van der Waals surface area (Å²) in [6.45, 7) is 5.28. The lowest BCUT2D eigenvalue weighted by molar-refractivity contribution is -0.123. The lowest BCUT2D eigenvalue weighted by Crippen LogP contribution is -2.44. The van der Waals surface area contributed by atoms with Crippen LogP contribution in [0.15, 0.2) is 24.3 Å². The van der Waals surface area contributed by atoms with Crippen LogP contribution in [-0.4, -0.2) is 31.1 Å². The van der Waals surface area contributed by atoms with Gasteiger partial charge in [-0.2, -0.15) is 0 Å². The van der Waals surface area contributed by atoms with Crippen LogP contribution in [0.25, 0.3) is 0 Å². The largest absolute Gasteiger partial charge is 0.492 e. The molecular formula is C16H24ClN3O2. The molecule has 6 heteroatoms. The molecule has 1 aromatic carbocycles. The summed E-state index contributed by atoms with van der Waals surface area (Å²) in [6, 6.07) is 7.36. The standard InChI is InChI=1S/C16H24ClN3O2/c1-11(2)9-13-10-15(20-19-13)16(21)18-7-8-22-14-5-3-12(17)4-6-14/h3-6,11,13,15,19-20H,7-10H2,1-2H3,(H,18,21). The van der Waals surface area contributed by atoms with Crippen LogP contribution in [0.5, 0.6) is 5.75 Å². The second kappa shape index (κ2) is 8.36. The molecule has 1 amide bonds. The number of hydrogen-bond donors (Lipinski definition) is 3. The molecule has 1 saturated heterocycles. The maximum Gasteiger partial charge on any atom is 0.238 e. The first-order valence-electron chi connectivity index (χ1n) is 7.71. The van der Waals surface area contributed by atoms with Gasteiger partial charge in [0.15, 0.2) is 0 Å². The predicted molar refractivity (Wildman–Crippen MR) is 87.9 cm³/mol. The maximum atomic E-state index is 12.0. The average Bonchev–Trinajstić information content (AvgIpc) is 2.93. The van der Waals surface area contributed by atoms with Gasteiger partial charge >= 0.3 is 0 Å². The number of benzene rings is 1. The van der Waals surface area contributed by atoms with Crippen LogP contribution in [0.4, 0.5) is 0 Å². The first-order chi connectivity index (χ1) is 10.5. The number of hydrogen-bond acceptors (Lipinski definition) is 4. The lowest BCUT2D eigenvalue weighted by Gasteiger charge is -2.12. The number of halogens is 1. The summed E-state index contributed by atoms with van der Waals surface area (Å²) in [5.41, 5.74) is 6.25. The summed E-state index contributed by atoms with van der Waals surface area (Å²) in [7, 11) is 0. The number of carbonyl (C=O) groups is 1. The third-order valence-electron chi connectivity index (χ3n) is 3.54. The van der Waals surface area contributed by atoms with Crippen LogP contribution in [0, 0.1) is 5.92 Å². The van der Waals surface area contributed by atoms with Gasteiger partial charge in [0, 0.05) is 11.1 Å². The Morgan fingerprint density at radius 3 is 2.77 bits per heavy atom. The van der Waals surface area contributed by atoms with Crippen LogP contribution >= 0.6 is 11.6 Å².